The molecular formula is C12H19ClO2S. The highest BCUT2D eigenvalue weighted by atomic mass is 35.5. The Morgan fingerprint density at radius 2 is 2.12 bits per heavy atom. The molecule has 0 fully saturated rings. The lowest BCUT2D eigenvalue weighted by Crippen LogP contribution is -1.93. The van der Waals surface area contributed by atoms with Crippen LogP contribution in [0.1, 0.15) is 32.6 Å². The third kappa shape index (κ3) is 10.1. The Kier molecular flexibility index (Phi) is 10.8. The minimum Gasteiger partial charge on any atom is -0.481 e. The van der Waals surface area contributed by atoms with E-state index >= 15 is 0 Å². The maximum absolute atomic E-state index is 10.3. The molecule has 0 radical (unpaired) electrons. The number of carbonyl (C=O) groups is 1. The van der Waals surface area contributed by atoms with Gasteiger partial charge in [-0.05, 0) is 25.5 Å². The highest BCUT2D eigenvalue weighted by Crippen LogP contribution is 2.19. The van der Waals surface area contributed by atoms with Crippen LogP contribution in [0.4, 0.5) is 0 Å². The molecule has 0 bridgehead atoms. The molecule has 2 nitrogen and oxygen atoms in total. The van der Waals surface area contributed by atoms with Gasteiger partial charge in [0, 0.05) is 17.2 Å². The zero-order chi connectivity index (χ0) is 12.2. The van der Waals surface area contributed by atoms with Gasteiger partial charge in [-0.25, -0.2) is 0 Å². The van der Waals surface area contributed by atoms with Gasteiger partial charge in [-0.1, -0.05) is 24.6 Å². The molecule has 0 aromatic carbocycles. The van der Waals surface area contributed by atoms with E-state index in [2.05, 4.69) is 0 Å². The zero-order valence-corrected chi connectivity index (χ0v) is 11.2. The fourth-order valence-electron chi connectivity index (χ4n) is 1.16. The average molecular weight is 263 g/mol. The third-order valence-electron chi connectivity index (χ3n) is 1.91. The Morgan fingerprint density at radius 1 is 1.38 bits per heavy atom. The number of carboxylic acids is 1. The number of unbranched alkanes of at least 4 members (excludes halogenated alkanes) is 2. The van der Waals surface area contributed by atoms with E-state index in [4.69, 9.17) is 16.7 Å². The first-order chi connectivity index (χ1) is 7.70. The molecule has 0 spiro atoms. The van der Waals surface area contributed by atoms with Crippen LogP contribution in [0.25, 0.3) is 0 Å². The molecule has 0 aliphatic heterocycles. The summed E-state index contributed by atoms with van der Waals surface area (Å²) < 4.78 is 0. The Bertz CT molecular complexity index is 249. The molecule has 0 aliphatic carbocycles. The summed E-state index contributed by atoms with van der Waals surface area (Å²) in [5, 5.41) is 8.46. The fourth-order valence-corrected chi connectivity index (χ4v) is 2.44. The van der Waals surface area contributed by atoms with E-state index in [9.17, 15) is 4.79 Å². The van der Waals surface area contributed by atoms with Crippen LogP contribution < -0.4 is 0 Å². The smallest absolute Gasteiger partial charge is 0.303 e. The van der Waals surface area contributed by atoms with Gasteiger partial charge < -0.3 is 5.11 Å². The van der Waals surface area contributed by atoms with E-state index in [1.807, 2.05) is 25.2 Å². The van der Waals surface area contributed by atoms with Crippen molar-refractivity contribution in [2.24, 2.45) is 0 Å². The van der Waals surface area contributed by atoms with Gasteiger partial charge in [0.1, 0.15) is 0 Å². The molecule has 1 N–H and O–H groups in total. The number of alkyl halides is 1. The second-order valence-electron chi connectivity index (χ2n) is 3.31. The summed E-state index contributed by atoms with van der Waals surface area (Å²) in [6.45, 7) is 1.98. The topological polar surface area (TPSA) is 37.3 Å². The lowest BCUT2D eigenvalue weighted by atomic mass is 10.2. The lowest BCUT2D eigenvalue weighted by Gasteiger charge is -2.01. The lowest BCUT2D eigenvalue weighted by molar-refractivity contribution is -0.137. The summed E-state index contributed by atoms with van der Waals surface area (Å²) in [6.07, 6.45) is 9.11. The first-order valence-electron chi connectivity index (χ1n) is 5.44. The zero-order valence-electron chi connectivity index (χ0n) is 9.62. The van der Waals surface area contributed by atoms with Gasteiger partial charge in [-0.3, -0.25) is 4.79 Å². The van der Waals surface area contributed by atoms with Crippen molar-refractivity contribution in [1.29, 1.82) is 0 Å². The molecule has 0 atom stereocenters. The maximum Gasteiger partial charge on any atom is 0.303 e. The van der Waals surface area contributed by atoms with Gasteiger partial charge in [0.15, 0.2) is 0 Å². The van der Waals surface area contributed by atoms with E-state index in [1.54, 1.807) is 11.8 Å². The highest BCUT2D eigenvalue weighted by molar-refractivity contribution is 8.03. The summed E-state index contributed by atoms with van der Waals surface area (Å²) in [5.74, 6) is 0.850. The molecule has 0 saturated heterocycles. The van der Waals surface area contributed by atoms with Gasteiger partial charge >= 0.3 is 5.97 Å². The first-order valence-corrected chi connectivity index (χ1v) is 6.96. The van der Waals surface area contributed by atoms with E-state index in [0.29, 0.717) is 5.88 Å². The molecule has 0 saturated carbocycles. The number of allylic oxidation sites excluding steroid dienone is 3. The number of rotatable bonds is 9. The SMILES string of the molecule is C/C=C\C(=C/CCl)SCCCCCC(=O)O. The second-order valence-corrected chi connectivity index (χ2v) is 4.79. The van der Waals surface area contributed by atoms with Crippen molar-refractivity contribution in [3.8, 4) is 0 Å². The second kappa shape index (κ2) is 11.1. The van der Waals surface area contributed by atoms with Crippen molar-refractivity contribution < 1.29 is 9.90 Å². The van der Waals surface area contributed by atoms with Crippen LogP contribution in [0.3, 0.4) is 0 Å². The predicted octanol–water partition coefficient (Wildman–Crippen LogP) is 4.06. The molecule has 0 aromatic rings. The average Bonchev–Trinajstić information content (AvgIpc) is 2.23. The van der Waals surface area contributed by atoms with Crippen LogP contribution in [0.15, 0.2) is 23.1 Å². The molecule has 0 aromatic heterocycles. The van der Waals surface area contributed by atoms with Crippen LogP contribution in [0, 0.1) is 0 Å². The normalized spacial score (nSPS) is 12.2. The minimum atomic E-state index is -0.704. The molecule has 16 heavy (non-hydrogen) atoms. The number of thioether (sulfide) groups is 1. The van der Waals surface area contributed by atoms with Crippen molar-refractivity contribution in [2.75, 3.05) is 11.6 Å². The molecule has 0 amide bonds. The van der Waals surface area contributed by atoms with Crippen molar-refractivity contribution >= 4 is 29.3 Å². The molecule has 92 valence electrons. The van der Waals surface area contributed by atoms with E-state index in [-0.39, 0.29) is 6.42 Å². The summed E-state index contributed by atoms with van der Waals surface area (Å²) in [4.78, 5) is 11.5. The largest absolute Gasteiger partial charge is 0.481 e. The standard InChI is InChI=1S/C12H19ClO2S/c1-2-6-11(8-9-13)16-10-5-3-4-7-12(14)15/h2,6,8H,3-5,7,9-10H2,1H3,(H,14,15)/b6-2-,11-8+. The molecular weight excluding hydrogens is 244 g/mol. The maximum atomic E-state index is 10.3. The Morgan fingerprint density at radius 3 is 2.69 bits per heavy atom. The van der Waals surface area contributed by atoms with Gasteiger partial charge in [-0.2, -0.15) is 0 Å². The predicted molar refractivity (Wildman–Crippen MR) is 72.2 cm³/mol. The van der Waals surface area contributed by atoms with Crippen LogP contribution in [-0.2, 0) is 4.79 Å². The van der Waals surface area contributed by atoms with E-state index < -0.39 is 5.97 Å². The molecule has 0 heterocycles. The quantitative estimate of drug-likeness (QED) is 0.387. The van der Waals surface area contributed by atoms with E-state index in [1.165, 1.54) is 4.91 Å². The number of aliphatic carboxylic acids is 1. The van der Waals surface area contributed by atoms with Gasteiger partial charge in [-0.15, -0.1) is 23.4 Å². The summed E-state index contributed by atoms with van der Waals surface area (Å²) in [6, 6.07) is 0. The van der Waals surface area contributed by atoms with Crippen molar-refractivity contribution in [3.63, 3.8) is 0 Å². The summed E-state index contributed by atoms with van der Waals surface area (Å²) in [7, 11) is 0. The number of carboxylic acid groups (broad SMARTS) is 1. The van der Waals surface area contributed by atoms with Gasteiger partial charge in [0.05, 0.1) is 0 Å². The molecule has 0 aliphatic rings. The molecule has 4 heteroatoms. The Hall–Kier alpha value is -0.410. The first kappa shape index (κ1) is 15.6. The monoisotopic (exact) mass is 262 g/mol. The Balaban J connectivity index is 3.55. The van der Waals surface area contributed by atoms with Crippen LogP contribution in [0.2, 0.25) is 0 Å². The van der Waals surface area contributed by atoms with Gasteiger partial charge in [0.25, 0.3) is 0 Å². The number of hydrogen-bond acceptors (Lipinski definition) is 2. The summed E-state index contributed by atoms with van der Waals surface area (Å²) >= 11 is 7.41. The number of hydrogen-bond donors (Lipinski definition) is 1. The summed E-state index contributed by atoms with van der Waals surface area (Å²) in [5.41, 5.74) is 0. The number of halogens is 1. The fraction of sp³-hybridized carbons (Fsp3) is 0.583. The van der Waals surface area contributed by atoms with E-state index in [0.717, 1.165) is 25.0 Å². The van der Waals surface area contributed by atoms with Crippen molar-refractivity contribution in [3.05, 3.63) is 23.1 Å². The molecule has 0 rings (SSSR count). The highest BCUT2D eigenvalue weighted by Gasteiger charge is 1.97. The third-order valence-corrected chi connectivity index (χ3v) is 3.20. The Labute approximate surface area is 107 Å². The van der Waals surface area contributed by atoms with Crippen LogP contribution in [0.5, 0.6) is 0 Å². The van der Waals surface area contributed by atoms with Crippen LogP contribution >= 0.6 is 23.4 Å². The van der Waals surface area contributed by atoms with Gasteiger partial charge in [0.2, 0.25) is 0 Å². The van der Waals surface area contributed by atoms with Crippen molar-refractivity contribution in [1.82, 2.24) is 0 Å². The molecule has 0 unspecified atom stereocenters. The van der Waals surface area contributed by atoms with Crippen LogP contribution in [-0.4, -0.2) is 22.7 Å². The van der Waals surface area contributed by atoms with Crippen molar-refractivity contribution in [2.45, 2.75) is 32.6 Å². The minimum absolute atomic E-state index is 0.282.